The average Bonchev–Trinajstić information content (AvgIpc) is 3.28. The standard InChI is InChI=1S/C12H17N5O2/c1-13-12-14-6-9(17(18)19)11(16-12)15-10(7-2-3-7)8-4-5-8/h6-8,10H,2-5H2,1H3,(H2,13,14,15,16). The highest BCUT2D eigenvalue weighted by atomic mass is 16.6. The summed E-state index contributed by atoms with van der Waals surface area (Å²) in [6.45, 7) is 0. The minimum Gasteiger partial charge on any atom is -0.361 e. The van der Waals surface area contributed by atoms with Crippen molar-refractivity contribution in [3.8, 4) is 0 Å². The van der Waals surface area contributed by atoms with Gasteiger partial charge >= 0.3 is 5.69 Å². The van der Waals surface area contributed by atoms with Crippen molar-refractivity contribution in [3.63, 3.8) is 0 Å². The smallest absolute Gasteiger partial charge is 0.329 e. The third kappa shape index (κ3) is 2.59. The number of hydrogen-bond donors (Lipinski definition) is 2. The fourth-order valence-electron chi connectivity index (χ4n) is 2.42. The molecule has 7 heteroatoms. The van der Waals surface area contributed by atoms with Gasteiger partial charge in [0.05, 0.1) is 4.92 Å². The maximum atomic E-state index is 11.0. The summed E-state index contributed by atoms with van der Waals surface area (Å²) in [7, 11) is 1.70. The first kappa shape index (κ1) is 12.1. The molecular weight excluding hydrogens is 246 g/mol. The third-order valence-corrected chi connectivity index (χ3v) is 3.75. The Morgan fingerprint density at radius 2 is 2.00 bits per heavy atom. The summed E-state index contributed by atoms with van der Waals surface area (Å²) >= 11 is 0. The van der Waals surface area contributed by atoms with Gasteiger partial charge in [0.15, 0.2) is 0 Å². The molecule has 0 amide bonds. The molecule has 0 atom stereocenters. The molecular formula is C12H17N5O2. The lowest BCUT2D eigenvalue weighted by Crippen LogP contribution is -2.25. The first-order valence-corrected chi connectivity index (χ1v) is 6.64. The third-order valence-electron chi connectivity index (χ3n) is 3.75. The van der Waals surface area contributed by atoms with Gasteiger partial charge in [0, 0.05) is 13.1 Å². The molecule has 0 aromatic carbocycles. The van der Waals surface area contributed by atoms with Crippen LogP contribution in [0, 0.1) is 22.0 Å². The fourth-order valence-corrected chi connectivity index (χ4v) is 2.42. The van der Waals surface area contributed by atoms with Crippen LogP contribution in [0.5, 0.6) is 0 Å². The first-order chi connectivity index (χ1) is 9.19. The van der Waals surface area contributed by atoms with Crippen LogP contribution in [0.15, 0.2) is 6.20 Å². The van der Waals surface area contributed by atoms with Crippen molar-refractivity contribution in [3.05, 3.63) is 16.3 Å². The van der Waals surface area contributed by atoms with Crippen LogP contribution in [-0.2, 0) is 0 Å². The molecule has 2 fully saturated rings. The van der Waals surface area contributed by atoms with Crippen LogP contribution >= 0.6 is 0 Å². The van der Waals surface area contributed by atoms with E-state index >= 15 is 0 Å². The van der Waals surface area contributed by atoms with Crippen LogP contribution < -0.4 is 10.6 Å². The van der Waals surface area contributed by atoms with Gasteiger partial charge in [-0.1, -0.05) is 0 Å². The minimum atomic E-state index is -0.432. The van der Waals surface area contributed by atoms with Crippen molar-refractivity contribution in [2.45, 2.75) is 31.7 Å². The largest absolute Gasteiger partial charge is 0.361 e. The molecule has 2 aliphatic carbocycles. The Hall–Kier alpha value is -1.92. The molecule has 2 N–H and O–H groups in total. The molecule has 7 nitrogen and oxygen atoms in total. The molecule has 0 spiro atoms. The van der Waals surface area contributed by atoms with Gasteiger partial charge in [0.2, 0.25) is 11.8 Å². The van der Waals surface area contributed by atoms with E-state index in [1.165, 1.54) is 31.9 Å². The van der Waals surface area contributed by atoms with Gasteiger partial charge in [-0.3, -0.25) is 10.1 Å². The molecule has 0 saturated heterocycles. The van der Waals surface area contributed by atoms with Crippen molar-refractivity contribution in [2.75, 3.05) is 17.7 Å². The Balaban J connectivity index is 1.86. The molecule has 0 radical (unpaired) electrons. The molecule has 2 saturated carbocycles. The number of nitro groups is 1. The predicted molar refractivity (Wildman–Crippen MR) is 71.1 cm³/mol. The van der Waals surface area contributed by atoms with Crippen molar-refractivity contribution in [2.24, 2.45) is 11.8 Å². The molecule has 0 bridgehead atoms. The van der Waals surface area contributed by atoms with E-state index in [1.807, 2.05) is 0 Å². The number of aromatic nitrogens is 2. The second-order valence-electron chi connectivity index (χ2n) is 5.28. The maximum Gasteiger partial charge on any atom is 0.329 e. The Bertz CT molecular complexity index is 487. The second-order valence-corrected chi connectivity index (χ2v) is 5.28. The molecule has 102 valence electrons. The summed E-state index contributed by atoms with van der Waals surface area (Å²) in [5.41, 5.74) is -0.0506. The highest BCUT2D eigenvalue weighted by Crippen LogP contribution is 2.46. The highest BCUT2D eigenvalue weighted by molar-refractivity contribution is 5.57. The van der Waals surface area contributed by atoms with Gasteiger partial charge in [0.25, 0.3) is 0 Å². The topological polar surface area (TPSA) is 93.0 Å². The zero-order chi connectivity index (χ0) is 13.4. The lowest BCUT2D eigenvalue weighted by Gasteiger charge is -2.18. The van der Waals surface area contributed by atoms with Gasteiger partial charge in [0.1, 0.15) is 6.20 Å². The number of hydrogen-bond acceptors (Lipinski definition) is 6. The maximum absolute atomic E-state index is 11.0. The van der Waals surface area contributed by atoms with Gasteiger partial charge in [-0.05, 0) is 37.5 Å². The van der Waals surface area contributed by atoms with Crippen molar-refractivity contribution >= 4 is 17.5 Å². The van der Waals surface area contributed by atoms with Crippen LogP contribution in [0.4, 0.5) is 17.5 Å². The summed E-state index contributed by atoms with van der Waals surface area (Å²) < 4.78 is 0. The molecule has 2 aliphatic rings. The van der Waals surface area contributed by atoms with E-state index < -0.39 is 4.92 Å². The lowest BCUT2D eigenvalue weighted by molar-refractivity contribution is -0.384. The molecule has 0 unspecified atom stereocenters. The first-order valence-electron chi connectivity index (χ1n) is 6.64. The average molecular weight is 263 g/mol. The quantitative estimate of drug-likeness (QED) is 0.602. The van der Waals surface area contributed by atoms with Crippen LogP contribution in [0.1, 0.15) is 25.7 Å². The van der Waals surface area contributed by atoms with Gasteiger partial charge in [-0.2, -0.15) is 4.98 Å². The zero-order valence-corrected chi connectivity index (χ0v) is 10.8. The van der Waals surface area contributed by atoms with E-state index in [0.29, 0.717) is 29.6 Å². The molecule has 1 aromatic heterocycles. The van der Waals surface area contributed by atoms with E-state index in [2.05, 4.69) is 20.6 Å². The molecule has 1 aromatic rings. The Morgan fingerprint density at radius 3 is 2.47 bits per heavy atom. The van der Waals surface area contributed by atoms with Crippen LogP contribution in [0.2, 0.25) is 0 Å². The lowest BCUT2D eigenvalue weighted by atomic mass is 10.1. The van der Waals surface area contributed by atoms with Crippen LogP contribution in [-0.4, -0.2) is 28.0 Å². The normalized spacial score (nSPS) is 18.4. The second kappa shape index (κ2) is 4.64. The molecule has 3 rings (SSSR count). The van der Waals surface area contributed by atoms with Gasteiger partial charge < -0.3 is 10.6 Å². The molecule has 0 aliphatic heterocycles. The number of rotatable bonds is 6. The number of nitrogens with one attached hydrogen (secondary N) is 2. The number of anilines is 2. The van der Waals surface area contributed by atoms with Crippen LogP contribution in [0.3, 0.4) is 0 Å². The summed E-state index contributed by atoms with van der Waals surface area (Å²) in [6.07, 6.45) is 6.12. The number of nitrogens with zero attached hydrogens (tertiary/aromatic N) is 3. The monoisotopic (exact) mass is 263 g/mol. The van der Waals surface area contributed by atoms with Crippen molar-refractivity contribution in [1.82, 2.24) is 9.97 Å². The SMILES string of the molecule is CNc1ncc([N+](=O)[O-])c(NC(C2CC2)C2CC2)n1. The summed E-state index contributed by atoms with van der Waals surface area (Å²) in [5.74, 6) is 2.05. The summed E-state index contributed by atoms with van der Waals surface area (Å²) in [6, 6.07) is 0.332. The van der Waals surface area contributed by atoms with Gasteiger partial charge in [-0.15, -0.1) is 0 Å². The predicted octanol–water partition coefficient (Wildman–Crippen LogP) is 2.03. The summed E-state index contributed by atoms with van der Waals surface area (Å²) in [5, 5.41) is 17.1. The zero-order valence-electron chi connectivity index (χ0n) is 10.8. The van der Waals surface area contributed by atoms with Crippen molar-refractivity contribution in [1.29, 1.82) is 0 Å². The van der Waals surface area contributed by atoms with E-state index in [0.717, 1.165) is 0 Å². The van der Waals surface area contributed by atoms with E-state index in [9.17, 15) is 10.1 Å². The molecule has 1 heterocycles. The van der Waals surface area contributed by atoms with E-state index in [4.69, 9.17) is 0 Å². The Morgan fingerprint density at radius 1 is 1.37 bits per heavy atom. The van der Waals surface area contributed by atoms with Gasteiger partial charge in [-0.25, -0.2) is 4.98 Å². The van der Waals surface area contributed by atoms with E-state index in [1.54, 1.807) is 7.05 Å². The minimum absolute atomic E-state index is 0.0506. The molecule has 19 heavy (non-hydrogen) atoms. The fraction of sp³-hybridized carbons (Fsp3) is 0.667. The highest BCUT2D eigenvalue weighted by Gasteiger charge is 2.42. The summed E-state index contributed by atoms with van der Waals surface area (Å²) in [4.78, 5) is 18.7. The Kier molecular flexibility index (Phi) is 2.96. The van der Waals surface area contributed by atoms with E-state index in [-0.39, 0.29) is 5.69 Å². The Labute approximate surface area is 111 Å². The van der Waals surface area contributed by atoms with Crippen molar-refractivity contribution < 1.29 is 4.92 Å². The van der Waals surface area contributed by atoms with Crippen LogP contribution in [0.25, 0.3) is 0 Å².